The molecule has 36 heavy (non-hydrogen) atoms. The smallest absolute Gasteiger partial charge is 0.302 e. The van der Waals surface area contributed by atoms with Crippen molar-refractivity contribution in [1.82, 2.24) is 0 Å². The fourth-order valence-electron chi connectivity index (χ4n) is 3.99. The van der Waals surface area contributed by atoms with Crippen LogP contribution >= 0.6 is 0 Å². The first-order valence-electron chi connectivity index (χ1n) is 12.4. The molecule has 1 aliphatic rings. The van der Waals surface area contributed by atoms with Gasteiger partial charge in [-0.3, -0.25) is 4.79 Å². The van der Waals surface area contributed by atoms with Gasteiger partial charge in [0.25, 0.3) is 0 Å². The Morgan fingerprint density at radius 1 is 0.750 bits per heavy atom. The third kappa shape index (κ3) is 7.46. The van der Waals surface area contributed by atoms with Crippen LogP contribution in [0.1, 0.15) is 25.0 Å². The van der Waals surface area contributed by atoms with Crippen LogP contribution in [-0.4, -0.2) is 48.4 Å². The highest BCUT2D eigenvalue weighted by Crippen LogP contribution is 2.30. The van der Waals surface area contributed by atoms with Crippen LogP contribution in [0.15, 0.2) is 91.0 Å². The Bertz CT molecular complexity index is 1100. The van der Waals surface area contributed by atoms with Gasteiger partial charge < -0.3 is 28.8 Å². The predicted octanol–water partition coefficient (Wildman–Crippen LogP) is 4.02. The highest BCUT2D eigenvalue weighted by Gasteiger charge is 2.48. The Hall–Kier alpha value is -3.07. The second-order valence-electron chi connectivity index (χ2n) is 8.54. The summed E-state index contributed by atoms with van der Waals surface area (Å²) in [5.41, 5.74) is 2.69. The van der Waals surface area contributed by atoms with Gasteiger partial charge in [0.1, 0.15) is 31.0 Å². The van der Waals surface area contributed by atoms with Crippen LogP contribution in [0.25, 0.3) is 0 Å². The zero-order chi connectivity index (χ0) is 26.1. The van der Waals surface area contributed by atoms with Gasteiger partial charge in [-0.2, -0.15) is 0 Å². The fourth-order valence-corrected chi connectivity index (χ4v) is 3.99. The molecule has 7 heteroatoms. The van der Waals surface area contributed by atoms with Crippen molar-refractivity contribution >= 4 is 5.97 Å². The molecule has 1 N–H and O–H groups in total. The highest BCUT2D eigenvalue weighted by molar-refractivity contribution is 5.65. The summed E-state index contributed by atoms with van der Waals surface area (Å²) >= 11 is 0. The number of aliphatic hydroxyl groups is 1. The lowest BCUT2D eigenvalue weighted by atomic mass is 9.98. The summed E-state index contributed by atoms with van der Waals surface area (Å²) in [5, 5.41) is 11.1. The molecule has 0 aromatic heterocycles. The number of carbonyl (C=O) groups excluding carboxylic acids is 1. The Morgan fingerprint density at radius 2 is 1.17 bits per heavy atom. The minimum atomic E-state index is -2.48. The van der Waals surface area contributed by atoms with Crippen molar-refractivity contribution in [3.63, 3.8) is 0 Å². The van der Waals surface area contributed by atoms with Crippen molar-refractivity contribution in [1.29, 1.82) is 0 Å². The monoisotopic (exact) mass is 493 g/mol. The van der Waals surface area contributed by atoms with Crippen LogP contribution in [0.4, 0.5) is 0 Å². The summed E-state index contributed by atoms with van der Waals surface area (Å²) in [6, 6.07) is 28.6. The average molecular weight is 494 g/mol. The van der Waals surface area contributed by atoms with E-state index in [0.29, 0.717) is 0 Å². The summed E-state index contributed by atoms with van der Waals surface area (Å²) in [6.45, 7) is 1.61. The minimum Gasteiger partial charge on any atom is -0.463 e. The molecule has 0 radical (unpaired) electrons. The van der Waals surface area contributed by atoms with Gasteiger partial charge >= 0.3 is 5.97 Å². The van der Waals surface area contributed by atoms with E-state index in [9.17, 15) is 9.90 Å². The van der Waals surface area contributed by atoms with E-state index in [4.69, 9.17) is 25.1 Å². The molecular formula is C29H32O7. The lowest BCUT2D eigenvalue weighted by Gasteiger charge is -2.44. The third-order valence-electron chi connectivity index (χ3n) is 5.80. The molecule has 1 heterocycles. The maximum absolute atomic E-state index is 11.6. The quantitative estimate of drug-likeness (QED) is 0.404. The Labute approximate surface area is 212 Å². The van der Waals surface area contributed by atoms with Gasteiger partial charge in [-0.1, -0.05) is 91.0 Å². The summed E-state index contributed by atoms with van der Waals surface area (Å²) in [7, 11) is 0. The summed E-state index contributed by atoms with van der Waals surface area (Å²) in [5.74, 6) is -0.511. The molecule has 1 aliphatic heterocycles. The first kappa shape index (κ1) is 24.6. The van der Waals surface area contributed by atoms with Crippen LogP contribution in [-0.2, 0) is 48.3 Å². The van der Waals surface area contributed by atoms with E-state index in [0.717, 1.165) is 16.7 Å². The predicted molar refractivity (Wildman–Crippen MR) is 133 cm³/mol. The lowest BCUT2D eigenvalue weighted by Crippen LogP contribution is -2.61. The molecule has 1 fully saturated rings. The molecule has 0 unspecified atom stereocenters. The molecule has 5 atom stereocenters. The van der Waals surface area contributed by atoms with E-state index in [1.54, 1.807) is 0 Å². The van der Waals surface area contributed by atoms with Crippen LogP contribution < -0.4 is 0 Å². The van der Waals surface area contributed by atoms with E-state index in [1.165, 1.54) is 6.92 Å². The van der Waals surface area contributed by atoms with Crippen LogP contribution in [0.2, 0.25) is 0 Å². The molecule has 4 rings (SSSR count). The Morgan fingerprint density at radius 3 is 1.61 bits per heavy atom. The van der Waals surface area contributed by atoms with Crippen molar-refractivity contribution in [3.8, 4) is 0 Å². The fraction of sp³-hybridized carbons (Fsp3) is 0.345. The molecule has 3 aromatic carbocycles. The standard InChI is InChI=1S/C29H32O7/c1-21(30)32-20-25-26(33-17-22-11-5-2-6-12-22)27(34-18-23-13-7-3-8-14-23)28(29(31)36-25)35-19-24-15-9-4-10-16-24/h2-16,25-29,31H,17-20H2,1H3/t25-,26-,27+,28+,29+/m1/s1/i29D. The maximum atomic E-state index is 11.6. The van der Waals surface area contributed by atoms with Gasteiger partial charge in [0.05, 0.1) is 21.2 Å². The van der Waals surface area contributed by atoms with Gasteiger partial charge in [0, 0.05) is 6.92 Å². The third-order valence-corrected chi connectivity index (χ3v) is 5.80. The highest BCUT2D eigenvalue weighted by atomic mass is 16.7. The summed E-state index contributed by atoms with van der Waals surface area (Å²) < 4.78 is 38.2. The second kappa shape index (κ2) is 13.3. The van der Waals surface area contributed by atoms with Crippen molar-refractivity contribution < 1.29 is 35.0 Å². The van der Waals surface area contributed by atoms with Gasteiger partial charge in [0.15, 0.2) is 6.27 Å². The van der Waals surface area contributed by atoms with Gasteiger partial charge in [-0.05, 0) is 16.7 Å². The summed E-state index contributed by atoms with van der Waals surface area (Å²) in [4.78, 5) is 11.6. The molecule has 0 spiro atoms. The number of hydrogen-bond acceptors (Lipinski definition) is 7. The number of esters is 1. The SMILES string of the molecule is [2H][C@]1(O)O[C@H](COC(C)=O)[C@@H](OCc2ccccc2)[C@H](OCc2ccccc2)[C@@H]1OCc1ccccc1. The number of ether oxygens (including phenoxy) is 5. The van der Waals surface area contributed by atoms with Crippen LogP contribution in [0, 0.1) is 0 Å². The molecule has 0 aliphatic carbocycles. The van der Waals surface area contributed by atoms with Gasteiger partial charge in [0.2, 0.25) is 0 Å². The van der Waals surface area contributed by atoms with E-state index in [2.05, 4.69) is 0 Å². The van der Waals surface area contributed by atoms with Crippen molar-refractivity contribution in [2.75, 3.05) is 6.61 Å². The Balaban J connectivity index is 1.61. The molecule has 0 saturated carbocycles. The molecule has 0 bridgehead atoms. The molecule has 1 saturated heterocycles. The normalized spacial score (nSPS) is 26.2. The molecule has 0 amide bonds. The molecule has 3 aromatic rings. The Kier molecular flexibility index (Phi) is 9.09. The largest absolute Gasteiger partial charge is 0.463 e. The first-order chi connectivity index (χ1) is 17.9. The van der Waals surface area contributed by atoms with E-state index in [-0.39, 0.29) is 26.4 Å². The number of rotatable bonds is 11. The van der Waals surface area contributed by atoms with Crippen molar-refractivity contribution in [3.05, 3.63) is 108 Å². The van der Waals surface area contributed by atoms with Gasteiger partial charge in [-0.15, -0.1) is 0 Å². The number of benzene rings is 3. The topological polar surface area (TPSA) is 83.5 Å². The maximum Gasteiger partial charge on any atom is 0.302 e. The summed E-state index contributed by atoms with van der Waals surface area (Å²) in [6.07, 6.45) is -6.38. The van der Waals surface area contributed by atoms with Crippen LogP contribution in [0.5, 0.6) is 0 Å². The van der Waals surface area contributed by atoms with E-state index >= 15 is 0 Å². The van der Waals surface area contributed by atoms with E-state index in [1.807, 2.05) is 91.0 Å². The average Bonchev–Trinajstić information content (AvgIpc) is 2.91. The van der Waals surface area contributed by atoms with Crippen molar-refractivity contribution in [2.45, 2.75) is 57.4 Å². The second-order valence-corrected chi connectivity index (χ2v) is 8.54. The number of carbonyl (C=O) groups is 1. The minimum absolute atomic E-state index is 0.126. The first-order valence-corrected chi connectivity index (χ1v) is 11.9. The van der Waals surface area contributed by atoms with Gasteiger partial charge in [-0.25, -0.2) is 0 Å². The molecule has 7 nitrogen and oxygen atoms in total. The van der Waals surface area contributed by atoms with Crippen LogP contribution in [0.3, 0.4) is 0 Å². The molecule has 190 valence electrons. The zero-order valence-corrected chi connectivity index (χ0v) is 20.2. The number of hydrogen-bond donors (Lipinski definition) is 1. The molecular weight excluding hydrogens is 460 g/mol. The zero-order valence-electron chi connectivity index (χ0n) is 21.2. The van der Waals surface area contributed by atoms with E-state index < -0.39 is 36.7 Å². The lowest BCUT2D eigenvalue weighted by molar-refractivity contribution is -0.315. The van der Waals surface area contributed by atoms with Crippen molar-refractivity contribution in [2.24, 2.45) is 0 Å².